The molecule has 1 aliphatic heterocycles. The molecule has 0 radical (unpaired) electrons. The minimum Gasteiger partial charge on any atom is -0.444 e. The SMILES string of the molecule is CCN(CC)[Si]1(C)CCC[Si](C)(C)O1. The first-order valence-corrected chi connectivity index (χ1v) is 11.6. The number of rotatable bonds is 3. The molecule has 1 atom stereocenters. The van der Waals surface area contributed by atoms with Crippen LogP contribution < -0.4 is 0 Å². The Bertz CT molecular complexity index is 195. The fourth-order valence-corrected chi connectivity index (χ4v) is 12.6. The molecule has 4 heteroatoms. The van der Waals surface area contributed by atoms with E-state index in [2.05, 4.69) is 38.1 Å². The van der Waals surface area contributed by atoms with E-state index in [1.165, 1.54) is 18.5 Å². The third-order valence-corrected chi connectivity index (χ3v) is 12.1. The van der Waals surface area contributed by atoms with Gasteiger partial charge in [0, 0.05) is 0 Å². The predicted octanol–water partition coefficient (Wildman–Crippen LogP) is 3.03. The van der Waals surface area contributed by atoms with Crippen molar-refractivity contribution in [2.45, 2.75) is 52.0 Å². The summed E-state index contributed by atoms with van der Waals surface area (Å²) in [5, 5.41) is 0. The van der Waals surface area contributed by atoms with Gasteiger partial charge in [-0.2, -0.15) is 0 Å². The summed E-state index contributed by atoms with van der Waals surface area (Å²) in [7, 11) is -2.81. The fraction of sp³-hybridized carbons (Fsp3) is 1.00. The van der Waals surface area contributed by atoms with Crippen LogP contribution >= 0.6 is 0 Å². The summed E-state index contributed by atoms with van der Waals surface area (Å²) in [4.78, 5) is 0. The Kier molecular flexibility index (Phi) is 3.97. The van der Waals surface area contributed by atoms with Crippen LogP contribution in [0, 0.1) is 0 Å². The quantitative estimate of drug-likeness (QED) is 0.692. The van der Waals surface area contributed by atoms with Gasteiger partial charge >= 0.3 is 0 Å². The van der Waals surface area contributed by atoms with Crippen molar-refractivity contribution in [1.82, 2.24) is 4.57 Å². The van der Waals surface area contributed by atoms with Gasteiger partial charge in [0.15, 0.2) is 8.32 Å². The molecule has 1 aliphatic rings. The van der Waals surface area contributed by atoms with Gasteiger partial charge in [-0.25, -0.2) is 0 Å². The van der Waals surface area contributed by atoms with E-state index in [9.17, 15) is 0 Å². The average Bonchev–Trinajstić information content (AvgIpc) is 2.03. The lowest BCUT2D eigenvalue weighted by Crippen LogP contribution is -2.60. The van der Waals surface area contributed by atoms with Crippen LogP contribution in [-0.2, 0) is 4.12 Å². The largest absolute Gasteiger partial charge is 0.444 e. The first kappa shape index (κ1) is 12.4. The zero-order valence-corrected chi connectivity index (χ0v) is 12.4. The normalized spacial score (nSPS) is 32.1. The zero-order valence-electron chi connectivity index (χ0n) is 10.4. The van der Waals surface area contributed by atoms with Gasteiger partial charge in [-0.1, -0.05) is 20.3 Å². The molecule has 14 heavy (non-hydrogen) atoms. The van der Waals surface area contributed by atoms with Crippen LogP contribution in [0.25, 0.3) is 0 Å². The maximum Gasteiger partial charge on any atom is 0.257 e. The number of nitrogens with zero attached hydrogens (tertiary/aromatic N) is 1. The van der Waals surface area contributed by atoms with Crippen molar-refractivity contribution in [1.29, 1.82) is 0 Å². The molecule has 2 nitrogen and oxygen atoms in total. The Hall–Kier alpha value is 0.354. The molecule has 1 fully saturated rings. The number of hydrogen-bond donors (Lipinski definition) is 0. The molecule has 0 aliphatic carbocycles. The second kappa shape index (κ2) is 4.47. The molecule has 0 amide bonds. The van der Waals surface area contributed by atoms with Crippen molar-refractivity contribution in [2.75, 3.05) is 13.1 Å². The van der Waals surface area contributed by atoms with Crippen LogP contribution in [0.1, 0.15) is 20.3 Å². The first-order chi connectivity index (χ1) is 6.43. The van der Waals surface area contributed by atoms with Crippen LogP contribution in [0.15, 0.2) is 0 Å². The molecule has 1 unspecified atom stereocenters. The van der Waals surface area contributed by atoms with Gasteiger partial charge in [-0.05, 0) is 44.8 Å². The van der Waals surface area contributed by atoms with Crippen LogP contribution in [-0.4, -0.2) is 34.5 Å². The second-order valence-corrected chi connectivity index (χ2v) is 13.4. The van der Waals surface area contributed by atoms with Gasteiger partial charge in [0.25, 0.3) is 8.48 Å². The van der Waals surface area contributed by atoms with E-state index in [4.69, 9.17) is 4.12 Å². The third kappa shape index (κ3) is 2.69. The van der Waals surface area contributed by atoms with Crippen molar-refractivity contribution >= 4 is 16.8 Å². The van der Waals surface area contributed by atoms with Crippen LogP contribution in [0.4, 0.5) is 0 Å². The summed E-state index contributed by atoms with van der Waals surface area (Å²) < 4.78 is 9.11. The van der Waals surface area contributed by atoms with E-state index in [1.54, 1.807) is 0 Å². The Balaban J connectivity index is 2.72. The summed E-state index contributed by atoms with van der Waals surface area (Å²) in [6.07, 6.45) is 1.40. The van der Waals surface area contributed by atoms with E-state index in [1.807, 2.05) is 0 Å². The van der Waals surface area contributed by atoms with E-state index in [0.717, 1.165) is 13.1 Å². The highest BCUT2D eigenvalue weighted by molar-refractivity contribution is 6.85. The van der Waals surface area contributed by atoms with Crippen molar-refractivity contribution in [3.05, 3.63) is 0 Å². The summed E-state index contributed by atoms with van der Waals surface area (Å²) in [5.41, 5.74) is 0. The molecule has 1 rings (SSSR count). The molecule has 0 aromatic heterocycles. The lowest BCUT2D eigenvalue weighted by Gasteiger charge is -2.46. The molecule has 0 aromatic rings. The Morgan fingerprint density at radius 2 is 1.64 bits per heavy atom. The lowest BCUT2D eigenvalue weighted by molar-refractivity contribution is 0.352. The smallest absolute Gasteiger partial charge is 0.257 e. The molecule has 0 bridgehead atoms. The van der Waals surface area contributed by atoms with Crippen LogP contribution in [0.2, 0.25) is 31.7 Å². The van der Waals surface area contributed by atoms with Gasteiger partial charge in [-0.15, -0.1) is 0 Å². The van der Waals surface area contributed by atoms with Crippen LogP contribution in [0.5, 0.6) is 0 Å². The van der Waals surface area contributed by atoms with E-state index < -0.39 is 16.8 Å². The molecular formula is C10H25NOSi2. The molecular weight excluding hydrogens is 206 g/mol. The Morgan fingerprint density at radius 3 is 2.07 bits per heavy atom. The van der Waals surface area contributed by atoms with Crippen LogP contribution in [0.3, 0.4) is 0 Å². The Morgan fingerprint density at radius 1 is 1.07 bits per heavy atom. The molecule has 1 saturated heterocycles. The maximum absolute atomic E-state index is 6.51. The highest BCUT2D eigenvalue weighted by atomic mass is 28.4. The highest BCUT2D eigenvalue weighted by Crippen LogP contribution is 2.33. The maximum atomic E-state index is 6.51. The van der Waals surface area contributed by atoms with Gasteiger partial charge in [0.05, 0.1) is 0 Å². The molecule has 84 valence electrons. The summed E-state index contributed by atoms with van der Waals surface area (Å²) >= 11 is 0. The van der Waals surface area contributed by atoms with E-state index in [-0.39, 0.29) is 0 Å². The summed E-state index contributed by atoms with van der Waals surface area (Å²) in [6.45, 7) is 14.0. The highest BCUT2D eigenvalue weighted by Gasteiger charge is 2.44. The van der Waals surface area contributed by atoms with Crippen molar-refractivity contribution in [3.63, 3.8) is 0 Å². The Labute approximate surface area is 91.0 Å². The van der Waals surface area contributed by atoms with Crippen molar-refractivity contribution < 1.29 is 4.12 Å². The molecule has 0 aromatic carbocycles. The second-order valence-electron chi connectivity index (χ2n) is 5.06. The van der Waals surface area contributed by atoms with Crippen molar-refractivity contribution in [3.8, 4) is 0 Å². The predicted molar refractivity (Wildman–Crippen MR) is 67.3 cm³/mol. The monoisotopic (exact) mass is 231 g/mol. The topological polar surface area (TPSA) is 12.5 Å². The molecule has 0 spiro atoms. The summed E-state index contributed by atoms with van der Waals surface area (Å²) in [6, 6.07) is 2.70. The van der Waals surface area contributed by atoms with E-state index >= 15 is 0 Å². The van der Waals surface area contributed by atoms with Gasteiger partial charge < -0.3 is 8.68 Å². The van der Waals surface area contributed by atoms with Crippen molar-refractivity contribution in [2.24, 2.45) is 0 Å². The third-order valence-electron chi connectivity index (χ3n) is 3.35. The van der Waals surface area contributed by atoms with Gasteiger partial charge in [0.1, 0.15) is 0 Å². The lowest BCUT2D eigenvalue weighted by atomic mass is 10.6. The van der Waals surface area contributed by atoms with E-state index in [0.29, 0.717) is 0 Å². The fourth-order valence-electron chi connectivity index (χ4n) is 2.65. The minimum absolute atomic E-state index is 1.16. The summed E-state index contributed by atoms with van der Waals surface area (Å²) in [5.74, 6) is 0. The molecule has 0 N–H and O–H groups in total. The number of hydrogen-bond acceptors (Lipinski definition) is 2. The van der Waals surface area contributed by atoms with Gasteiger partial charge in [-0.3, -0.25) is 0 Å². The van der Waals surface area contributed by atoms with Gasteiger partial charge in [0.2, 0.25) is 0 Å². The minimum atomic E-state index is -1.51. The standard InChI is InChI=1S/C10H25NOSi2/c1-6-11(7-2)14(5)10-8-9-13(3,4)12-14/h6-10H2,1-5H3. The first-order valence-electron chi connectivity index (χ1n) is 5.89. The molecule has 1 heterocycles. The molecule has 0 saturated carbocycles. The average molecular weight is 231 g/mol. The zero-order chi connectivity index (χ0) is 10.8.